The van der Waals surface area contributed by atoms with E-state index in [2.05, 4.69) is 0 Å². The molecule has 8 nitrogen and oxygen atoms in total. The van der Waals surface area contributed by atoms with E-state index >= 15 is 0 Å². The molecule has 118 valence electrons. The Morgan fingerprint density at radius 2 is 1.86 bits per heavy atom. The summed E-state index contributed by atoms with van der Waals surface area (Å²) in [6.07, 6.45) is 0.886. The summed E-state index contributed by atoms with van der Waals surface area (Å²) in [4.78, 5) is 34.4. The van der Waals surface area contributed by atoms with Crippen LogP contribution in [0.2, 0.25) is 0 Å². The number of hydrogen-bond acceptors (Lipinski definition) is 5. The fourth-order valence-electron chi connectivity index (χ4n) is 2.28. The van der Waals surface area contributed by atoms with Crippen LogP contribution in [0, 0.1) is 16.0 Å². The Bertz CT molecular complexity index is 563. The third-order valence-corrected chi connectivity index (χ3v) is 3.61. The lowest BCUT2D eigenvalue weighted by atomic mass is 9.97. The van der Waals surface area contributed by atoms with Gasteiger partial charge in [0.15, 0.2) is 6.61 Å². The number of aliphatic carboxylic acids is 1. The number of carboxylic acids is 1. The zero-order valence-corrected chi connectivity index (χ0v) is 11.8. The number of benzene rings is 1. The minimum Gasteiger partial charge on any atom is -0.484 e. The fraction of sp³-hybridized carbons (Fsp3) is 0.429. The van der Waals surface area contributed by atoms with E-state index in [-0.39, 0.29) is 24.1 Å². The van der Waals surface area contributed by atoms with Gasteiger partial charge in [0.1, 0.15) is 5.75 Å². The SMILES string of the molecule is O=C(O)C1CCN(C(=O)COc2ccc([N+](=O)[O-])cc2)CC1. The molecule has 1 heterocycles. The summed E-state index contributed by atoms with van der Waals surface area (Å²) in [5.74, 6) is -1.06. The first-order valence-electron chi connectivity index (χ1n) is 6.85. The standard InChI is InChI=1S/C14H16N2O6/c17-13(15-7-5-10(6-8-15)14(18)19)9-22-12-3-1-11(2-4-12)16(20)21/h1-4,10H,5-9H2,(H,18,19). The monoisotopic (exact) mass is 308 g/mol. The van der Waals surface area contributed by atoms with Gasteiger partial charge in [-0.2, -0.15) is 0 Å². The highest BCUT2D eigenvalue weighted by Gasteiger charge is 2.27. The highest BCUT2D eigenvalue weighted by atomic mass is 16.6. The molecule has 1 N–H and O–H groups in total. The Balaban J connectivity index is 1.80. The van der Waals surface area contributed by atoms with Gasteiger partial charge in [0, 0.05) is 25.2 Å². The molecule has 8 heteroatoms. The summed E-state index contributed by atoms with van der Waals surface area (Å²) in [6.45, 7) is 0.633. The van der Waals surface area contributed by atoms with E-state index in [4.69, 9.17) is 9.84 Å². The lowest BCUT2D eigenvalue weighted by Gasteiger charge is -2.30. The largest absolute Gasteiger partial charge is 0.484 e. The van der Waals surface area contributed by atoms with Crippen LogP contribution in [0.25, 0.3) is 0 Å². The Morgan fingerprint density at radius 3 is 2.36 bits per heavy atom. The molecule has 22 heavy (non-hydrogen) atoms. The van der Waals surface area contributed by atoms with Crippen molar-refractivity contribution in [3.63, 3.8) is 0 Å². The number of likely N-dealkylation sites (tertiary alicyclic amines) is 1. The maximum Gasteiger partial charge on any atom is 0.306 e. The van der Waals surface area contributed by atoms with Crippen LogP contribution in [0.15, 0.2) is 24.3 Å². The number of carboxylic acid groups (broad SMARTS) is 1. The summed E-state index contributed by atoms with van der Waals surface area (Å²) in [5, 5.41) is 19.4. The van der Waals surface area contributed by atoms with Gasteiger partial charge in [-0.1, -0.05) is 0 Å². The van der Waals surface area contributed by atoms with Gasteiger partial charge in [-0.25, -0.2) is 0 Å². The van der Waals surface area contributed by atoms with Gasteiger partial charge in [0.05, 0.1) is 10.8 Å². The van der Waals surface area contributed by atoms with Crippen LogP contribution in [-0.4, -0.2) is 46.5 Å². The first kappa shape index (κ1) is 15.7. The van der Waals surface area contributed by atoms with Crippen molar-refractivity contribution in [2.24, 2.45) is 5.92 Å². The molecular formula is C14H16N2O6. The van der Waals surface area contributed by atoms with E-state index in [1.807, 2.05) is 0 Å². The van der Waals surface area contributed by atoms with Crippen molar-refractivity contribution in [1.82, 2.24) is 4.90 Å². The number of carbonyl (C=O) groups excluding carboxylic acids is 1. The van der Waals surface area contributed by atoms with Gasteiger partial charge in [0.2, 0.25) is 0 Å². The molecule has 1 aliphatic rings. The Labute approximate surface area is 126 Å². The van der Waals surface area contributed by atoms with E-state index in [1.54, 1.807) is 4.90 Å². The number of non-ortho nitro benzene ring substituents is 1. The van der Waals surface area contributed by atoms with Crippen LogP contribution in [0.5, 0.6) is 5.75 Å². The molecule has 0 aliphatic carbocycles. The molecule has 1 aromatic carbocycles. The van der Waals surface area contributed by atoms with Crippen molar-refractivity contribution < 1.29 is 24.4 Å². The van der Waals surface area contributed by atoms with Gasteiger partial charge >= 0.3 is 5.97 Å². The summed E-state index contributed by atoms with van der Waals surface area (Å²) >= 11 is 0. The average Bonchev–Trinajstić information content (AvgIpc) is 2.53. The van der Waals surface area contributed by atoms with E-state index in [1.165, 1.54) is 24.3 Å². The second-order valence-corrected chi connectivity index (χ2v) is 5.03. The van der Waals surface area contributed by atoms with Crippen LogP contribution in [0.4, 0.5) is 5.69 Å². The summed E-state index contributed by atoms with van der Waals surface area (Å²) < 4.78 is 5.30. The van der Waals surface area contributed by atoms with Crippen LogP contribution >= 0.6 is 0 Å². The number of nitro benzene ring substituents is 1. The van der Waals surface area contributed by atoms with Gasteiger partial charge in [0.25, 0.3) is 11.6 Å². The van der Waals surface area contributed by atoms with E-state index in [9.17, 15) is 19.7 Å². The average molecular weight is 308 g/mol. The molecule has 1 amide bonds. The second-order valence-electron chi connectivity index (χ2n) is 5.03. The number of rotatable bonds is 5. The quantitative estimate of drug-likeness (QED) is 0.648. The van der Waals surface area contributed by atoms with Crippen LogP contribution in [0.1, 0.15) is 12.8 Å². The number of carbonyl (C=O) groups is 2. The number of ether oxygens (including phenoxy) is 1. The molecular weight excluding hydrogens is 292 g/mol. The van der Waals surface area contributed by atoms with Gasteiger partial charge in [-0.05, 0) is 25.0 Å². The number of amides is 1. The molecule has 1 aromatic rings. The Kier molecular flexibility index (Phi) is 4.92. The molecule has 0 saturated carbocycles. The molecule has 0 bridgehead atoms. The minimum absolute atomic E-state index is 0.0468. The highest BCUT2D eigenvalue weighted by molar-refractivity contribution is 5.78. The molecule has 0 atom stereocenters. The lowest BCUT2D eigenvalue weighted by Crippen LogP contribution is -2.42. The lowest BCUT2D eigenvalue weighted by molar-refractivity contribution is -0.384. The normalized spacial score (nSPS) is 15.4. The molecule has 1 aliphatic heterocycles. The zero-order valence-electron chi connectivity index (χ0n) is 11.8. The Morgan fingerprint density at radius 1 is 1.27 bits per heavy atom. The first-order valence-corrected chi connectivity index (χ1v) is 6.85. The number of nitro groups is 1. The van der Waals surface area contributed by atoms with Crippen LogP contribution in [-0.2, 0) is 9.59 Å². The highest BCUT2D eigenvalue weighted by Crippen LogP contribution is 2.19. The van der Waals surface area contributed by atoms with Crippen molar-refractivity contribution in [3.8, 4) is 5.75 Å². The molecule has 1 fully saturated rings. The van der Waals surface area contributed by atoms with Gasteiger partial charge in [-0.15, -0.1) is 0 Å². The third kappa shape index (κ3) is 3.94. The topological polar surface area (TPSA) is 110 Å². The van der Waals surface area contributed by atoms with Gasteiger partial charge < -0.3 is 14.7 Å². The van der Waals surface area contributed by atoms with Crippen molar-refractivity contribution >= 4 is 17.6 Å². The molecule has 2 rings (SSSR count). The fourth-order valence-corrected chi connectivity index (χ4v) is 2.28. The van der Waals surface area contributed by atoms with E-state index in [0.717, 1.165) is 0 Å². The first-order chi connectivity index (χ1) is 10.5. The number of nitrogens with zero attached hydrogens (tertiary/aromatic N) is 2. The van der Waals surface area contributed by atoms with Crippen molar-refractivity contribution in [2.45, 2.75) is 12.8 Å². The van der Waals surface area contributed by atoms with Crippen molar-refractivity contribution in [2.75, 3.05) is 19.7 Å². The molecule has 0 radical (unpaired) electrons. The summed E-state index contributed by atoms with van der Waals surface area (Å²) in [5.41, 5.74) is -0.0468. The number of hydrogen-bond donors (Lipinski definition) is 1. The zero-order chi connectivity index (χ0) is 16.1. The van der Waals surface area contributed by atoms with Crippen LogP contribution in [0.3, 0.4) is 0 Å². The minimum atomic E-state index is -0.825. The summed E-state index contributed by atoms with van der Waals surface area (Å²) in [7, 11) is 0. The van der Waals surface area contributed by atoms with Crippen molar-refractivity contribution in [1.29, 1.82) is 0 Å². The Hall–Kier alpha value is -2.64. The number of piperidine rings is 1. The van der Waals surface area contributed by atoms with E-state index in [0.29, 0.717) is 31.7 Å². The predicted molar refractivity (Wildman–Crippen MR) is 75.5 cm³/mol. The smallest absolute Gasteiger partial charge is 0.306 e. The molecule has 0 aromatic heterocycles. The molecule has 0 spiro atoms. The molecule has 1 saturated heterocycles. The second kappa shape index (κ2) is 6.88. The maximum atomic E-state index is 12.0. The van der Waals surface area contributed by atoms with Crippen LogP contribution < -0.4 is 4.74 Å². The predicted octanol–water partition coefficient (Wildman–Crippen LogP) is 1.30. The molecule has 0 unspecified atom stereocenters. The van der Waals surface area contributed by atoms with E-state index < -0.39 is 10.9 Å². The van der Waals surface area contributed by atoms with Crippen molar-refractivity contribution in [3.05, 3.63) is 34.4 Å². The van der Waals surface area contributed by atoms with Gasteiger partial charge in [-0.3, -0.25) is 19.7 Å². The third-order valence-electron chi connectivity index (χ3n) is 3.61. The summed E-state index contributed by atoms with van der Waals surface area (Å²) in [6, 6.07) is 5.47. The maximum absolute atomic E-state index is 12.0.